The third kappa shape index (κ3) is 5.90. The van der Waals surface area contributed by atoms with Crippen LogP contribution in [0.5, 0.6) is 0 Å². The summed E-state index contributed by atoms with van der Waals surface area (Å²) in [4.78, 5) is 52.0. The molecule has 0 spiro atoms. The second kappa shape index (κ2) is 9.28. The van der Waals surface area contributed by atoms with Gasteiger partial charge < -0.3 is 39.6 Å². The second-order valence-electron chi connectivity index (χ2n) is 7.08. The molecule has 0 aliphatic carbocycles. The maximum Gasteiger partial charge on any atom is 0.490 e. The van der Waals surface area contributed by atoms with Gasteiger partial charge in [-0.1, -0.05) is 0 Å². The summed E-state index contributed by atoms with van der Waals surface area (Å²) in [5.41, 5.74) is -0.450. The molecule has 18 nitrogen and oxygen atoms in total. The van der Waals surface area contributed by atoms with Crippen molar-refractivity contribution in [3.8, 4) is 0 Å². The topological polar surface area (TPSA) is 285 Å². The lowest BCUT2D eigenvalue weighted by atomic mass is 9.96. The first-order valence-electron chi connectivity index (χ1n) is 8.92. The lowest BCUT2D eigenvalue weighted by molar-refractivity contribution is -0.241. The van der Waals surface area contributed by atoms with Crippen LogP contribution in [0.4, 0.5) is 5.69 Å². The van der Waals surface area contributed by atoms with Crippen LogP contribution in [-0.4, -0.2) is 81.5 Å². The van der Waals surface area contributed by atoms with Crippen molar-refractivity contribution >= 4 is 40.7 Å². The summed E-state index contributed by atoms with van der Waals surface area (Å²) in [7, 11) is -17.0. The van der Waals surface area contributed by atoms with Crippen molar-refractivity contribution in [3.63, 3.8) is 0 Å². The molecule has 190 valence electrons. The van der Waals surface area contributed by atoms with Crippen LogP contribution in [0.3, 0.4) is 0 Å². The van der Waals surface area contributed by atoms with Crippen LogP contribution in [0.2, 0.25) is 0 Å². The summed E-state index contributed by atoms with van der Waals surface area (Å²) in [5.74, 6) is -3.25. The van der Waals surface area contributed by atoms with E-state index in [1.54, 1.807) is 0 Å². The molecule has 3 heterocycles. The predicted octanol–water partition coefficient (Wildman–Crippen LogP) is -1.24. The molecule has 7 N–H and O–H groups in total. The van der Waals surface area contributed by atoms with Gasteiger partial charge in [-0.05, 0) is 6.92 Å². The lowest BCUT2D eigenvalue weighted by Gasteiger charge is -2.27. The summed E-state index contributed by atoms with van der Waals surface area (Å²) in [5, 5.41) is 38.7. The smallest absolute Gasteiger partial charge is 0.387 e. The van der Waals surface area contributed by atoms with Crippen LogP contribution in [0.25, 0.3) is 0 Å². The van der Waals surface area contributed by atoms with Crippen LogP contribution >= 0.6 is 23.5 Å². The van der Waals surface area contributed by atoms with E-state index in [2.05, 4.69) is 28.3 Å². The summed E-state index contributed by atoms with van der Waals surface area (Å²) < 4.78 is 50.5. The van der Waals surface area contributed by atoms with E-state index in [0.29, 0.717) is 5.71 Å². The Morgan fingerprint density at radius 2 is 1.79 bits per heavy atom. The Hall–Kier alpha value is -1.33. The average Bonchev–Trinajstić information content (AvgIpc) is 2.88. The highest BCUT2D eigenvalue weighted by Crippen LogP contribution is 2.66. The van der Waals surface area contributed by atoms with Gasteiger partial charge in [0.25, 0.3) is 0 Å². The molecule has 0 aromatic carbocycles. The van der Waals surface area contributed by atoms with Gasteiger partial charge in [-0.25, -0.2) is 13.7 Å². The number of aromatic nitrogens is 2. The number of fused-ring (bicyclic) bond motifs is 1. The van der Waals surface area contributed by atoms with Gasteiger partial charge in [0, 0.05) is 12.1 Å². The molecule has 0 amide bonds. The van der Waals surface area contributed by atoms with E-state index in [4.69, 9.17) is 19.4 Å². The lowest BCUT2D eigenvalue weighted by Crippen LogP contribution is -2.42. The normalized spacial score (nSPS) is 30.9. The van der Waals surface area contributed by atoms with Crippen LogP contribution < -0.4 is 0 Å². The third-order valence-electron chi connectivity index (χ3n) is 4.44. The van der Waals surface area contributed by atoms with Crippen LogP contribution in [-0.2, 0) is 37.4 Å². The van der Waals surface area contributed by atoms with E-state index in [0.717, 1.165) is 6.20 Å². The zero-order valence-electron chi connectivity index (χ0n) is 16.8. The minimum absolute atomic E-state index is 0.0364. The number of ketones is 1. The molecule has 0 radical (unpaired) electrons. The molecule has 1 aromatic rings. The number of aliphatic hydroxyl groups is 3. The van der Waals surface area contributed by atoms with Gasteiger partial charge in [-0.3, -0.25) is 14.3 Å². The van der Waals surface area contributed by atoms with Gasteiger partial charge in [-0.15, -0.1) is 5.10 Å². The molecule has 2 aliphatic rings. The monoisotopic (exact) mass is 549 g/mol. The predicted molar refractivity (Wildman–Crippen MR) is 104 cm³/mol. The van der Waals surface area contributed by atoms with E-state index in [1.165, 1.54) is 6.92 Å². The zero-order chi connectivity index (χ0) is 25.7. The summed E-state index contributed by atoms with van der Waals surface area (Å²) in [6.45, 7) is 0.343. The Morgan fingerprint density at radius 3 is 2.41 bits per heavy atom. The number of rotatable bonds is 8. The summed E-state index contributed by atoms with van der Waals surface area (Å²) >= 11 is 0. The molecule has 0 bridgehead atoms. The second-order valence-corrected chi connectivity index (χ2v) is 11.5. The Labute approximate surface area is 189 Å². The Morgan fingerprint density at radius 1 is 1.15 bits per heavy atom. The number of nitrogens with zero attached hydrogens (tertiary/aromatic N) is 3. The molecule has 0 saturated carbocycles. The molecule has 2 unspecified atom stereocenters. The number of carbonyl (C=O) groups is 1. The standard InChI is InChI=1S/C13H18N3O15P3/c1-5-2-7(17)6-3-14-16-11(9(6)15-5)13(20)12(19)10(18)8(29-13)4-28-33(24,25)31-34(26,27)30-32(21,22)23/h3,8,10,12,18-20H,2,4H2,1H3,(H,24,25)(H,26,27)(H2,21,22,23)/t8-,10-,12-,13+/m1/s1. The molecule has 21 heteroatoms. The van der Waals surface area contributed by atoms with E-state index in [-0.39, 0.29) is 17.7 Å². The minimum atomic E-state index is -5.79. The SMILES string of the molecule is CC1=Nc2c(cnnc2[C@]2(O)O[C@H](COP(=O)(O)OP(=O)(O)OP(=O)(O)O)[C@@H](O)[C@H]2O)C(=O)C1. The number of ether oxygens (including phenoxy) is 1. The molecular formula is C13H18N3O15P3. The molecule has 1 fully saturated rings. The third-order valence-corrected chi connectivity index (χ3v) is 8.24. The van der Waals surface area contributed by atoms with E-state index < -0.39 is 65.7 Å². The number of phosphoric ester groups is 1. The van der Waals surface area contributed by atoms with Crippen molar-refractivity contribution < 1.29 is 71.3 Å². The molecule has 1 saturated heterocycles. The highest BCUT2D eigenvalue weighted by atomic mass is 31.3. The number of carbonyl (C=O) groups excluding carboxylic acids is 1. The zero-order valence-corrected chi connectivity index (χ0v) is 19.5. The van der Waals surface area contributed by atoms with Crippen molar-refractivity contribution in [1.29, 1.82) is 0 Å². The highest BCUT2D eigenvalue weighted by Gasteiger charge is 2.57. The summed E-state index contributed by atoms with van der Waals surface area (Å²) in [6, 6.07) is 0. The van der Waals surface area contributed by atoms with Crippen LogP contribution in [0, 0.1) is 0 Å². The van der Waals surface area contributed by atoms with Crippen molar-refractivity contribution in [1.82, 2.24) is 10.2 Å². The number of aliphatic imine (C=N–C) groups is 1. The first kappa shape index (κ1) is 27.3. The van der Waals surface area contributed by atoms with Gasteiger partial charge in [0.2, 0.25) is 5.79 Å². The van der Waals surface area contributed by atoms with E-state index in [9.17, 15) is 38.7 Å². The number of Topliss-reactive ketones (excluding diaryl/α,β-unsaturated/α-hetero) is 1. The van der Waals surface area contributed by atoms with Gasteiger partial charge in [0.05, 0.1) is 18.4 Å². The molecule has 2 aliphatic heterocycles. The van der Waals surface area contributed by atoms with Gasteiger partial charge in [0.1, 0.15) is 24.0 Å². The Bertz CT molecular complexity index is 1170. The van der Waals surface area contributed by atoms with Crippen molar-refractivity contribution in [2.75, 3.05) is 6.61 Å². The number of aliphatic hydroxyl groups excluding tert-OH is 2. The fourth-order valence-electron chi connectivity index (χ4n) is 3.10. The first-order chi connectivity index (χ1) is 15.4. The molecule has 3 rings (SSSR count). The number of phosphoric acid groups is 3. The van der Waals surface area contributed by atoms with Gasteiger partial charge in [0.15, 0.2) is 11.5 Å². The van der Waals surface area contributed by atoms with E-state index in [1.807, 2.05) is 0 Å². The first-order valence-corrected chi connectivity index (χ1v) is 13.4. The fourth-order valence-corrected chi connectivity index (χ4v) is 6.13. The van der Waals surface area contributed by atoms with E-state index >= 15 is 0 Å². The average molecular weight is 549 g/mol. The highest BCUT2D eigenvalue weighted by molar-refractivity contribution is 7.66. The molecule has 6 atom stereocenters. The van der Waals surface area contributed by atoms with Crippen molar-refractivity contribution in [3.05, 3.63) is 17.5 Å². The Balaban J connectivity index is 1.79. The van der Waals surface area contributed by atoms with Crippen LogP contribution in [0.1, 0.15) is 29.4 Å². The molecular weight excluding hydrogens is 531 g/mol. The maximum absolute atomic E-state index is 12.2. The Kier molecular flexibility index (Phi) is 7.44. The summed E-state index contributed by atoms with van der Waals surface area (Å²) in [6.07, 6.45) is -4.95. The number of hydrogen-bond acceptors (Lipinski definition) is 14. The minimum Gasteiger partial charge on any atom is -0.387 e. The molecule has 1 aromatic heterocycles. The maximum atomic E-state index is 12.2. The van der Waals surface area contributed by atoms with Crippen molar-refractivity contribution in [2.24, 2.45) is 4.99 Å². The largest absolute Gasteiger partial charge is 0.490 e. The van der Waals surface area contributed by atoms with Gasteiger partial charge in [-0.2, -0.15) is 13.7 Å². The quantitative estimate of drug-likeness (QED) is 0.187. The molecule has 34 heavy (non-hydrogen) atoms. The van der Waals surface area contributed by atoms with Gasteiger partial charge >= 0.3 is 23.5 Å². The number of hydrogen-bond donors (Lipinski definition) is 7. The van der Waals surface area contributed by atoms with Crippen molar-refractivity contribution in [2.45, 2.75) is 37.4 Å². The fraction of sp³-hybridized carbons (Fsp3) is 0.538. The van der Waals surface area contributed by atoms with Crippen LogP contribution in [0.15, 0.2) is 11.2 Å².